The summed E-state index contributed by atoms with van der Waals surface area (Å²) in [6, 6.07) is 8.85. The van der Waals surface area contributed by atoms with E-state index in [0.29, 0.717) is 6.42 Å². The number of nitrogens with one attached hydrogen (secondary N) is 1. The number of hydrogen-bond acceptors (Lipinski definition) is 3. The predicted molar refractivity (Wildman–Crippen MR) is 63.0 cm³/mol. The van der Waals surface area contributed by atoms with Crippen molar-refractivity contribution in [2.24, 2.45) is 0 Å². The number of esters is 1. The summed E-state index contributed by atoms with van der Waals surface area (Å²) in [5.41, 5.74) is 0.978. The van der Waals surface area contributed by atoms with Crippen molar-refractivity contribution in [3.63, 3.8) is 0 Å². The van der Waals surface area contributed by atoms with E-state index >= 15 is 0 Å². The molecular formula is C11H14BNO3. The molecule has 0 spiro atoms. The number of amides is 1. The summed E-state index contributed by atoms with van der Waals surface area (Å²) in [5, 5.41) is 2.57. The van der Waals surface area contributed by atoms with Crippen molar-refractivity contribution < 1.29 is 14.3 Å². The third-order valence-corrected chi connectivity index (χ3v) is 2.15. The van der Waals surface area contributed by atoms with Gasteiger partial charge in [0, 0.05) is 6.42 Å². The van der Waals surface area contributed by atoms with E-state index in [4.69, 9.17) is 0 Å². The molecule has 1 aromatic carbocycles. The van der Waals surface area contributed by atoms with Crippen LogP contribution in [0.15, 0.2) is 30.3 Å². The van der Waals surface area contributed by atoms with Crippen LogP contribution in [-0.4, -0.2) is 32.8 Å². The zero-order valence-electron chi connectivity index (χ0n) is 9.40. The van der Waals surface area contributed by atoms with Crippen molar-refractivity contribution in [3.8, 4) is 0 Å². The van der Waals surface area contributed by atoms with E-state index in [2.05, 4.69) is 10.1 Å². The fraction of sp³-hybridized carbons (Fsp3) is 0.273. The van der Waals surface area contributed by atoms with Gasteiger partial charge in [-0.15, -0.1) is 0 Å². The molecule has 0 saturated carbocycles. The molecule has 0 fully saturated rings. The van der Waals surface area contributed by atoms with E-state index in [0.717, 1.165) is 5.56 Å². The lowest BCUT2D eigenvalue weighted by Crippen LogP contribution is -2.42. The smallest absolute Gasteiger partial charge is 0.328 e. The number of methoxy groups -OCH3 is 1. The van der Waals surface area contributed by atoms with Crippen LogP contribution in [0.25, 0.3) is 0 Å². The Balaban J connectivity index is 2.70. The normalized spacial score (nSPS) is 11.6. The van der Waals surface area contributed by atoms with Crippen LogP contribution in [0, 0.1) is 0 Å². The Labute approximate surface area is 95.4 Å². The molecule has 1 N–H and O–H groups in total. The molecule has 0 aliphatic rings. The minimum absolute atomic E-state index is 0.244. The average Bonchev–Trinajstić information content (AvgIpc) is 2.28. The van der Waals surface area contributed by atoms with Gasteiger partial charge in [0.15, 0.2) is 5.81 Å². The summed E-state index contributed by atoms with van der Waals surface area (Å²) in [6.07, 6.45) is 0.438. The van der Waals surface area contributed by atoms with Crippen LogP contribution in [0.4, 0.5) is 4.79 Å². The van der Waals surface area contributed by atoms with Gasteiger partial charge in [0.05, 0.1) is 7.11 Å². The third kappa shape index (κ3) is 3.77. The number of benzene rings is 1. The Hall–Kier alpha value is -1.78. The Morgan fingerprint density at radius 3 is 2.50 bits per heavy atom. The van der Waals surface area contributed by atoms with Gasteiger partial charge in [-0.3, -0.25) is 4.79 Å². The molecule has 0 saturated heterocycles. The largest absolute Gasteiger partial charge is 0.467 e. The first-order valence-corrected chi connectivity index (χ1v) is 5.02. The first kappa shape index (κ1) is 12.3. The van der Waals surface area contributed by atoms with Crippen LogP contribution >= 0.6 is 0 Å². The monoisotopic (exact) mass is 219 g/mol. The maximum atomic E-state index is 11.4. The summed E-state index contributed by atoms with van der Waals surface area (Å²) < 4.78 is 4.63. The molecular weight excluding hydrogens is 205 g/mol. The van der Waals surface area contributed by atoms with Crippen LogP contribution < -0.4 is 5.32 Å². The molecule has 84 valence electrons. The first-order valence-electron chi connectivity index (χ1n) is 5.02. The molecule has 1 aromatic rings. The van der Waals surface area contributed by atoms with Crippen molar-refractivity contribution >= 4 is 19.6 Å². The highest BCUT2D eigenvalue weighted by Gasteiger charge is 2.19. The molecule has 0 aliphatic carbocycles. The van der Waals surface area contributed by atoms with Gasteiger partial charge in [0.25, 0.3) is 0 Å². The lowest BCUT2D eigenvalue weighted by molar-refractivity contribution is -0.142. The molecule has 16 heavy (non-hydrogen) atoms. The molecule has 0 radical (unpaired) electrons. The quantitative estimate of drug-likeness (QED) is 0.577. The highest BCUT2D eigenvalue weighted by atomic mass is 16.5. The summed E-state index contributed by atoms with van der Waals surface area (Å²) in [6.45, 7) is 0. The van der Waals surface area contributed by atoms with Gasteiger partial charge in [-0.1, -0.05) is 30.3 Å². The van der Waals surface area contributed by atoms with Gasteiger partial charge >= 0.3 is 5.97 Å². The molecule has 1 amide bonds. The molecule has 0 heterocycles. The van der Waals surface area contributed by atoms with Crippen molar-refractivity contribution in [1.29, 1.82) is 0 Å². The molecule has 0 aromatic heterocycles. The Morgan fingerprint density at radius 1 is 1.38 bits per heavy atom. The molecule has 1 rings (SSSR count). The second kappa shape index (κ2) is 5.95. The number of hydrogen-bond donors (Lipinski definition) is 1. The van der Waals surface area contributed by atoms with E-state index in [1.54, 1.807) is 0 Å². The van der Waals surface area contributed by atoms with Crippen LogP contribution in [0.1, 0.15) is 5.56 Å². The van der Waals surface area contributed by atoms with E-state index in [1.165, 1.54) is 15.0 Å². The zero-order chi connectivity index (χ0) is 12.0. The summed E-state index contributed by atoms with van der Waals surface area (Å²) in [5.74, 6) is -0.676. The van der Waals surface area contributed by atoms with Gasteiger partial charge in [-0.05, 0) is 5.56 Å². The molecule has 1 atom stereocenters. The Morgan fingerprint density at radius 2 is 2.00 bits per heavy atom. The van der Waals surface area contributed by atoms with E-state index in [9.17, 15) is 9.59 Å². The van der Waals surface area contributed by atoms with Crippen molar-refractivity contribution in [3.05, 3.63) is 35.9 Å². The van der Waals surface area contributed by atoms with Crippen LogP contribution in [0.5, 0.6) is 0 Å². The minimum Gasteiger partial charge on any atom is -0.467 e. The number of carbonyl (C=O) groups excluding carboxylic acids is 2. The molecule has 1 unspecified atom stereocenters. The second-order valence-electron chi connectivity index (χ2n) is 3.47. The number of ether oxygens (including phenoxy) is 1. The molecule has 4 nitrogen and oxygen atoms in total. The topological polar surface area (TPSA) is 55.4 Å². The number of carbonyl (C=O) groups is 2. The van der Waals surface area contributed by atoms with E-state index in [1.807, 2.05) is 30.3 Å². The average molecular weight is 219 g/mol. The number of rotatable bonds is 4. The van der Waals surface area contributed by atoms with Gasteiger partial charge < -0.3 is 10.1 Å². The fourth-order valence-corrected chi connectivity index (χ4v) is 1.43. The minimum atomic E-state index is -0.620. The summed E-state index contributed by atoms with van der Waals surface area (Å²) in [4.78, 5) is 22.4. The Bertz CT molecular complexity index is 367. The Kier molecular flexibility index (Phi) is 4.57. The van der Waals surface area contributed by atoms with Gasteiger partial charge in [-0.2, -0.15) is 0 Å². The fourth-order valence-electron chi connectivity index (χ4n) is 1.43. The van der Waals surface area contributed by atoms with Crippen molar-refractivity contribution in [2.75, 3.05) is 7.11 Å². The van der Waals surface area contributed by atoms with Crippen molar-refractivity contribution in [1.82, 2.24) is 5.32 Å². The van der Waals surface area contributed by atoms with Gasteiger partial charge in [0.1, 0.15) is 6.04 Å². The van der Waals surface area contributed by atoms with E-state index < -0.39 is 12.0 Å². The van der Waals surface area contributed by atoms with Crippen LogP contribution in [-0.2, 0) is 16.0 Å². The molecule has 5 heteroatoms. The maximum Gasteiger partial charge on any atom is 0.328 e. The third-order valence-electron chi connectivity index (χ3n) is 2.15. The predicted octanol–water partition coefficient (Wildman–Crippen LogP) is 0.113. The SMILES string of the molecule is BC(=O)NC(Cc1ccccc1)C(=O)OC. The first-order chi connectivity index (χ1) is 7.63. The van der Waals surface area contributed by atoms with Crippen molar-refractivity contribution in [2.45, 2.75) is 12.5 Å². The highest BCUT2D eigenvalue weighted by Crippen LogP contribution is 2.04. The lowest BCUT2D eigenvalue weighted by Gasteiger charge is -2.15. The summed E-state index contributed by atoms with van der Waals surface area (Å²) in [7, 11) is 2.68. The zero-order valence-corrected chi connectivity index (χ0v) is 9.40. The highest BCUT2D eigenvalue weighted by molar-refractivity contribution is 6.57. The van der Waals surface area contributed by atoms with Crippen LogP contribution in [0.2, 0.25) is 0 Å². The van der Waals surface area contributed by atoms with Gasteiger partial charge in [0.2, 0.25) is 7.85 Å². The second-order valence-corrected chi connectivity index (χ2v) is 3.47. The van der Waals surface area contributed by atoms with Crippen LogP contribution in [0.3, 0.4) is 0 Å². The molecule has 0 aliphatic heterocycles. The molecule has 0 bridgehead atoms. The van der Waals surface area contributed by atoms with Gasteiger partial charge in [-0.25, -0.2) is 4.79 Å². The maximum absolute atomic E-state index is 11.4. The lowest BCUT2D eigenvalue weighted by atomic mass is 10.0. The summed E-state index contributed by atoms with van der Waals surface area (Å²) >= 11 is 0. The standard InChI is InChI=1S/C11H14BNO3/c1-16-10(14)9(13-11(12)15)7-8-5-3-2-4-6-8/h2-6,9H,7,12H2,1H3,(H,13,15). The van der Waals surface area contributed by atoms with E-state index in [-0.39, 0.29) is 5.81 Å².